The van der Waals surface area contributed by atoms with Crippen molar-refractivity contribution >= 4 is 21.6 Å². The van der Waals surface area contributed by atoms with Crippen LogP contribution in [0, 0.1) is 6.92 Å². The van der Waals surface area contributed by atoms with Crippen molar-refractivity contribution in [1.82, 2.24) is 9.55 Å². The van der Waals surface area contributed by atoms with Gasteiger partial charge in [0.2, 0.25) is 0 Å². The molecule has 0 unspecified atom stereocenters. The van der Waals surface area contributed by atoms with Crippen molar-refractivity contribution < 1.29 is 0 Å². The third kappa shape index (κ3) is 2.69. The number of hydrogen-bond acceptors (Lipinski definition) is 3. The number of aryl methyl sites for hydroxylation is 1. The first-order valence-corrected chi connectivity index (χ1v) is 8.17. The molecule has 3 nitrogen and oxygen atoms in total. The second-order valence-electron chi connectivity index (χ2n) is 5.48. The fourth-order valence-electron chi connectivity index (χ4n) is 2.52. The molecule has 0 amide bonds. The van der Waals surface area contributed by atoms with Crippen LogP contribution in [0.3, 0.4) is 0 Å². The van der Waals surface area contributed by atoms with Crippen LogP contribution in [0.4, 0.5) is 0 Å². The van der Waals surface area contributed by atoms with Crippen LogP contribution in [-0.4, -0.2) is 9.55 Å². The van der Waals surface area contributed by atoms with Crippen LogP contribution in [-0.2, 0) is 0 Å². The van der Waals surface area contributed by atoms with Gasteiger partial charge in [-0.05, 0) is 48.9 Å². The van der Waals surface area contributed by atoms with Gasteiger partial charge in [-0.2, -0.15) is 0 Å². The molecule has 4 aromatic rings. The molecule has 23 heavy (non-hydrogen) atoms. The highest BCUT2D eigenvalue weighted by molar-refractivity contribution is 7.21. The maximum atomic E-state index is 11.2. The fourth-order valence-corrected chi connectivity index (χ4v) is 3.59. The molecule has 0 atom stereocenters. The van der Waals surface area contributed by atoms with Crippen LogP contribution < -0.4 is 5.43 Å². The van der Waals surface area contributed by atoms with Crippen LogP contribution in [0.2, 0.25) is 0 Å². The summed E-state index contributed by atoms with van der Waals surface area (Å²) in [7, 11) is 0. The van der Waals surface area contributed by atoms with Gasteiger partial charge >= 0.3 is 0 Å². The van der Waals surface area contributed by atoms with Crippen molar-refractivity contribution in [3.63, 3.8) is 0 Å². The zero-order valence-corrected chi connectivity index (χ0v) is 13.4. The first-order chi connectivity index (χ1) is 11.2. The number of hydrogen-bond donors (Lipinski definition) is 0. The Morgan fingerprint density at radius 2 is 1.70 bits per heavy atom. The number of benzene rings is 2. The third-order valence-corrected chi connectivity index (χ3v) is 4.82. The van der Waals surface area contributed by atoms with Crippen molar-refractivity contribution in [2.45, 2.75) is 6.92 Å². The van der Waals surface area contributed by atoms with Gasteiger partial charge in [0.1, 0.15) is 5.01 Å². The van der Waals surface area contributed by atoms with E-state index < -0.39 is 0 Å². The molecule has 0 saturated carbocycles. The van der Waals surface area contributed by atoms with Gasteiger partial charge in [0.15, 0.2) is 5.43 Å². The molecular formula is C19H14N2OS. The Balaban J connectivity index is 1.71. The van der Waals surface area contributed by atoms with Gasteiger partial charge in [-0.3, -0.25) is 4.79 Å². The van der Waals surface area contributed by atoms with E-state index in [1.807, 2.05) is 16.7 Å². The van der Waals surface area contributed by atoms with Crippen molar-refractivity contribution in [1.29, 1.82) is 0 Å². The summed E-state index contributed by atoms with van der Waals surface area (Å²) in [6.45, 7) is 2.10. The molecule has 2 heterocycles. The average Bonchev–Trinajstić information content (AvgIpc) is 2.99. The maximum absolute atomic E-state index is 11.2. The van der Waals surface area contributed by atoms with Crippen LogP contribution in [0.5, 0.6) is 0 Å². The lowest BCUT2D eigenvalue weighted by Crippen LogP contribution is -2.01. The quantitative estimate of drug-likeness (QED) is 0.548. The lowest BCUT2D eigenvalue weighted by atomic mass is 10.2. The normalized spacial score (nSPS) is 11.0. The summed E-state index contributed by atoms with van der Waals surface area (Å²) < 4.78 is 3.14. The molecular weight excluding hydrogens is 304 g/mol. The molecule has 0 saturated heterocycles. The summed E-state index contributed by atoms with van der Waals surface area (Å²) >= 11 is 1.71. The highest BCUT2D eigenvalue weighted by Crippen LogP contribution is 2.31. The van der Waals surface area contributed by atoms with Gasteiger partial charge in [-0.15, -0.1) is 11.3 Å². The van der Waals surface area contributed by atoms with E-state index in [2.05, 4.69) is 37.3 Å². The van der Waals surface area contributed by atoms with Gasteiger partial charge < -0.3 is 4.57 Å². The number of rotatable bonds is 2. The second-order valence-corrected chi connectivity index (χ2v) is 6.51. The molecule has 4 heteroatoms. The molecule has 0 aliphatic rings. The molecule has 0 fully saturated rings. The van der Waals surface area contributed by atoms with Crippen molar-refractivity contribution in [3.8, 4) is 16.3 Å². The minimum absolute atomic E-state index is 0.0163. The number of pyridine rings is 1. The van der Waals surface area contributed by atoms with E-state index in [9.17, 15) is 4.79 Å². The Morgan fingerprint density at radius 3 is 2.43 bits per heavy atom. The molecule has 0 radical (unpaired) electrons. The van der Waals surface area contributed by atoms with Crippen LogP contribution in [0.15, 0.2) is 71.8 Å². The van der Waals surface area contributed by atoms with Gasteiger partial charge in [0.05, 0.1) is 10.2 Å². The Morgan fingerprint density at radius 1 is 0.957 bits per heavy atom. The van der Waals surface area contributed by atoms with Crippen molar-refractivity contribution in [2.24, 2.45) is 0 Å². The molecule has 2 aromatic carbocycles. The van der Waals surface area contributed by atoms with Crippen LogP contribution in [0.1, 0.15) is 5.56 Å². The SMILES string of the molecule is Cc1ccc2nc(-c3ccc(-n4ccc(=O)cc4)cc3)sc2c1. The Labute approximate surface area is 137 Å². The van der Waals surface area contributed by atoms with Crippen LogP contribution >= 0.6 is 11.3 Å². The highest BCUT2D eigenvalue weighted by Gasteiger charge is 2.06. The molecule has 0 spiro atoms. The first kappa shape index (κ1) is 13.9. The Kier molecular flexibility index (Phi) is 3.32. The van der Waals surface area contributed by atoms with Crippen molar-refractivity contribution in [2.75, 3.05) is 0 Å². The predicted molar refractivity (Wildman–Crippen MR) is 95.4 cm³/mol. The average molecular weight is 318 g/mol. The Hall–Kier alpha value is -2.72. The van der Waals surface area contributed by atoms with Gasteiger partial charge in [-0.1, -0.05) is 6.07 Å². The Bertz CT molecular complexity index is 1020. The summed E-state index contributed by atoms with van der Waals surface area (Å²) in [5.74, 6) is 0. The lowest BCUT2D eigenvalue weighted by Gasteiger charge is -2.06. The molecule has 0 aliphatic carbocycles. The van der Waals surface area contributed by atoms with E-state index in [-0.39, 0.29) is 5.43 Å². The predicted octanol–water partition coefficient (Wildman–Crippen LogP) is 4.42. The lowest BCUT2D eigenvalue weighted by molar-refractivity contribution is 1.04. The number of thiazole rings is 1. The van der Waals surface area contributed by atoms with E-state index in [1.54, 1.807) is 35.9 Å². The molecule has 112 valence electrons. The third-order valence-electron chi connectivity index (χ3n) is 3.76. The zero-order chi connectivity index (χ0) is 15.8. The molecule has 0 aliphatic heterocycles. The summed E-state index contributed by atoms with van der Waals surface area (Å²) in [6, 6.07) is 17.7. The standard InChI is InChI=1S/C19H14N2OS/c1-13-2-7-17-18(12-13)23-19(20-17)14-3-5-15(6-4-14)21-10-8-16(22)9-11-21/h2-12H,1H3. The minimum atomic E-state index is 0.0163. The first-order valence-electron chi connectivity index (χ1n) is 7.35. The minimum Gasteiger partial charge on any atom is -0.324 e. The maximum Gasteiger partial charge on any atom is 0.181 e. The van der Waals surface area contributed by atoms with E-state index >= 15 is 0 Å². The molecule has 2 aromatic heterocycles. The van der Waals surface area contributed by atoms with E-state index in [1.165, 1.54) is 10.3 Å². The fraction of sp³-hybridized carbons (Fsp3) is 0.0526. The number of aromatic nitrogens is 2. The van der Waals surface area contributed by atoms with E-state index in [0.29, 0.717) is 0 Å². The second kappa shape index (κ2) is 5.48. The molecule has 0 bridgehead atoms. The summed E-state index contributed by atoms with van der Waals surface area (Å²) in [6.07, 6.45) is 3.55. The largest absolute Gasteiger partial charge is 0.324 e. The summed E-state index contributed by atoms with van der Waals surface area (Å²) in [5.41, 5.74) is 4.43. The topological polar surface area (TPSA) is 34.9 Å². The van der Waals surface area contributed by atoms with Crippen molar-refractivity contribution in [3.05, 3.63) is 82.8 Å². The van der Waals surface area contributed by atoms with Crippen LogP contribution in [0.25, 0.3) is 26.5 Å². The highest BCUT2D eigenvalue weighted by atomic mass is 32.1. The number of fused-ring (bicyclic) bond motifs is 1. The molecule has 4 rings (SSSR count). The summed E-state index contributed by atoms with van der Waals surface area (Å²) in [4.78, 5) is 15.9. The van der Waals surface area contributed by atoms with Gasteiger partial charge in [-0.25, -0.2) is 4.98 Å². The smallest absolute Gasteiger partial charge is 0.181 e. The van der Waals surface area contributed by atoms with Gasteiger partial charge in [0.25, 0.3) is 0 Å². The van der Waals surface area contributed by atoms with E-state index in [0.717, 1.165) is 21.8 Å². The van der Waals surface area contributed by atoms with Gasteiger partial charge in [0, 0.05) is 35.8 Å². The monoisotopic (exact) mass is 318 g/mol. The zero-order valence-electron chi connectivity index (χ0n) is 12.6. The molecule has 0 N–H and O–H groups in total. The summed E-state index contributed by atoms with van der Waals surface area (Å²) in [5, 5.41) is 1.03. The van der Waals surface area contributed by atoms with E-state index in [4.69, 9.17) is 4.98 Å². The number of nitrogens with zero attached hydrogens (tertiary/aromatic N) is 2.